The minimum absolute atomic E-state index is 0.300. The van der Waals surface area contributed by atoms with Crippen LogP contribution >= 0.6 is 0 Å². The number of nitrogen functional groups attached to an aromatic ring is 1. The zero-order valence-corrected chi connectivity index (χ0v) is 34.4. The Balaban J connectivity index is 1.02. The molecule has 0 saturated heterocycles. The fraction of sp³-hybridized carbons (Fsp3) is 0.0980. The van der Waals surface area contributed by atoms with E-state index in [1.165, 1.54) is 28.4 Å². The zero-order chi connectivity index (χ0) is 43.4. The number of imide groups is 2. The van der Waals surface area contributed by atoms with Gasteiger partial charge in [0.1, 0.15) is 11.5 Å². The normalized spacial score (nSPS) is 13.0. The second-order valence-electron chi connectivity index (χ2n) is 14.9. The van der Waals surface area contributed by atoms with Crippen LogP contribution in [0.1, 0.15) is 47.0 Å². The van der Waals surface area contributed by atoms with Gasteiger partial charge >= 0.3 is 0 Å². The molecule has 11 nitrogen and oxygen atoms in total. The summed E-state index contributed by atoms with van der Waals surface area (Å²) in [5.74, 6) is -0.223. The summed E-state index contributed by atoms with van der Waals surface area (Å²) in [6, 6.07) is 39.7. The number of amides is 4. The highest BCUT2D eigenvalue weighted by molar-refractivity contribution is 6.35. The van der Waals surface area contributed by atoms with Crippen molar-refractivity contribution in [3.63, 3.8) is 0 Å². The Morgan fingerprint density at radius 3 is 1.13 bits per heavy atom. The lowest BCUT2D eigenvalue weighted by molar-refractivity contribution is 0.0910. The van der Waals surface area contributed by atoms with Gasteiger partial charge < -0.3 is 24.7 Å². The molecule has 0 radical (unpaired) electrons. The average Bonchev–Trinajstić information content (AvgIpc) is 3.70. The smallest absolute Gasteiger partial charge is 0.266 e. The van der Waals surface area contributed by atoms with E-state index in [2.05, 4.69) is 0 Å². The molecule has 0 atom stereocenters. The van der Waals surface area contributed by atoms with Crippen LogP contribution in [-0.4, -0.2) is 52.1 Å². The third-order valence-corrected chi connectivity index (χ3v) is 11.4. The number of nitrogens with two attached hydrogens (primary N) is 1. The van der Waals surface area contributed by atoms with E-state index in [0.717, 1.165) is 37.6 Å². The van der Waals surface area contributed by atoms with Crippen LogP contribution in [0, 0.1) is 6.92 Å². The van der Waals surface area contributed by atoms with Gasteiger partial charge in [-0.05, 0) is 102 Å². The number of anilines is 3. The van der Waals surface area contributed by atoms with Gasteiger partial charge in [0.15, 0.2) is 11.5 Å². The van der Waals surface area contributed by atoms with Crippen LogP contribution in [0.25, 0.3) is 44.5 Å². The van der Waals surface area contributed by atoms with E-state index in [4.69, 9.17) is 24.7 Å². The number of nitrogens with zero attached hydrogens (tertiary/aromatic N) is 2. The van der Waals surface area contributed by atoms with Gasteiger partial charge in [-0.1, -0.05) is 54.1 Å². The van der Waals surface area contributed by atoms with Gasteiger partial charge in [0.25, 0.3) is 23.6 Å². The van der Waals surface area contributed by atoms with Crippen molar-refractivity contribution < 1.29 is 38.1 Å². The lowest BCUT2D eigenvalue weighted by Gasteiger charge is -2.21. The molecule has 62 heavy (non-hydrogen) atoms. The third-order valence-electron chi connectivity index (χ3n) is 11.4. The highest BCUT2D eigenvalue weighted by Gasteiger charge is 2.39. The van der Waals surface area contributed by atoms with E-state index in [9.17, 15) is 19.2 Å². The Kier molecular flexibility index (Phi) is 9.79. The number of rotatable bonds is 10. The van der Waals surface area contributed by atoms with Crippen LogP contribution in [0.2, 0.25) is 0 Å². The molecule has 0 aliphatic carbocycles. The average molecular weight is 822 g/mol. The Labute approximate surface area is 357 Å². The summed E-state index contributed by atoms with van der Waals surface area (Å²) in [5.41, 5.74) is 15.4. The van der Waals surface area contributed by atoms with E-state index in [0.29, 0.717) is 84.6 Å². The van der Waals surface area contributed by atoms with Gasteiger partial charge in [0.05, 0.1) is 62.1 Å². The van der Waals surface area contributed by atoms with E-state index in [1.807, 2.05) is 67.6 Å². The number of methoxy groups -OCH3 is 4. The van der Waals surface area contributed by atoms with E-state index < -0.39 is 23.6 Å². The summed E-state index contributed by atoms with van der Waals surface area (Å²) in [6.07, 6.45) is 0. The molecule has 306 valence electrons. The summed E-state index contributed by atoms with van der Waals surface area (Å²) in [4.78, 5) is 57.3. The van der Waals surface area contributed by atoms with Crippen LogP contribution in [0.4, 0.5) is 17.1 Å². The number of fused-ring (bicyclic) bond motifs is 2. The Hall–Kier alpha value is -8.18. The molecule has 0 unspecified atom stereocenters. The molecule has 2 aliphatic heterocycles. The summed E-state index contributed by atoms with van der Waals surface area (Å²) < 4.78 is 23.7. The van der Waals surface area contributed by atoms with Gasteiger partial charge in [-0.25, -0.2) is 9.80 Å². The summed E-state index contributed by atoms with van der Waals surface area (Å²) in [6.45, 7) is 2.01. The lowest BCUT2D eigenvalue weighted by Crippen LogP contribution is -2.29. The largest absolute Gasteiger partial charge is 0.496 e. The number of aryl methyl sites for hydroxylation is 1. The third kappa shape index (κ3) is 6.38. The van der Waals surface area contributed by atoms with Crippen LogP contribution in [-0.2, 0) is 0 Å². The number of hydrogen-bond donors (Lipinski definition) is 1. The predicted molar refractivity (Wildman–Crippen MR) is 239 cm³/mol. The van der Waals surface area contributed by atoms with Crippen molar-refractivity contribution in [1.29, 1.82) is 0 Å². The van der Waals surface area contributed by atoms with Gasteiger partial charge in [-0.3, -0.25) is 19.2 Å². The monoisotopic (exact) mass is 821 g/mol. The molecule has 4 amide bonds. The van der Waals surface area contributed by atoms with Gasteiger partial charge in [0.2, 0.25) is 0 Å². The highest BCUT2D eigenvalue weighted by atomic mass is 16.5. The second kappa shape index (κ2) is 15.4. The molecule has 0 bridgehead atoms. The summed E-state index contributed by atoms with van der Waals surface area (Å²) in [5, 5.41) is 0. The Morgan fingerprint density at radius 1 is 0.371 bits per heavy atom. The molecule has 0 spiro atoms. The topological polar surface area (TPSA) is 138 Å². The molecule has 9 rings (SSSR count). The lowest BCUT2D eigenvalue weighted by atomic mass is 9.96. The molecule has 0 aromatic heterocycles. The SMILES string of the molecule is COc1cc(N2C(=O)c3ccc(-c4ccc(C)cc4)cc3C2=O)ccc1-c1ccc(-c2ccc(N3C(=O)c4ccc(-c5ccc(N)cc5)cc4C3=O)cc2OC)c(OC)c1OC. The number of carbonyl (C=O) groups excluding carboxylic acids is 4. The van der Waals surface area contributed by atoms with Crippen LogP contribution < -0.4 is 34.5 Å². The quantitative estimate of drug-likeness (QED) is 0.106. The van der Waals surface area contributed by atoms with Gasteiger partial charge in [0, 0.05) is 40.1 Å². The van der Waals surface area contributed by atoms with Crippen LogP contribution in [0.3, 0.4) is 0 Å². The molecule has 11 heteroatoms. The molecule has 2 N–H and O–H groups in total. The summed E-state index contributed by atoms with van der Waals surface area (Å²) >= 11 is 0. The summed E-state index contributed by atoms with van der Waals surface area (Å²) in [7, 11) is 6.06. The van der Waals surface area contributed by atoms with Crippen LogP contribution in [0.15, 0.2) is 133 Å². The van der Waals surface area contributed by atoms with Crippen molar-refractivity contribution in [2.45, 2.75) is 6.92 Å². The number of ether oxygens (including phenoxy) is 4. The maximum atomic E-state index is 13.8. The fourth-order valence-corrected chi connectivity index (χ4v) is 8.21. The van der Waals surface area contributed by atoms with Crippen molar-refractivity contribution >= 4 is 40.7 Å². The van der Waals surface area contributed by atoms with Gasteiger partial charge in [-0.15, -0.1) is 0 Å². The van der Waals surface area contributed by atoms with Gasteiger partial charge in [-0.2, -0.15) is 0 Å². The number of benzene rings is 7. The minimum Gasteiger partial charge on any atom is -0.496 e. The van der Waals surface area contributed by atoms with E-state index in [1.54, 1.807) is 72.8 Å². The maximum Gasteiger partial charge on any atom is 0.266 e. The molecule has 2 aliphatic rings. The first-order valence-corrected chi connectivity index (χ1v) is 19.7. The number of carbonyl (C=O) groups is 4. The molecule has 0 saturated carbocycles. The highest BCUT2D eigenvalue weighted by Crippen LogP contribution is 2.50. The maximum absolute atomic E-state index is 13.8. The predicted octanol–water partition coefficient (Wildman–Crippen LogP) is 9.88. The first-order chi connectivity index (χ1) is 30.0. The molecular weight excluding hydrogens is 783 g/mol. The first-order valence-electron chi connectivity index (χ1n) is 19.7. The van der Waals surface area contributed by atoms with Crippen LogP contribution in [0.5, 0.6) is 23.0 Å². The van der Waals surface area contributed by atoms with Crippen molar-refractivity contribution in [2.75, 3.05) is 44.0 Å². The zero-order valence-electron chi connectivity index (χ0n) is 34.4. The van der Waals surface area contributed by atoms with E-state index in [-0.39, 0.29) is 0 Å². The minimum atomic E-state index is -0.448. The Morgan fingerprint density at radius 2 is 0.726 bits per heavy atom. The van der Waals surface area contributed by atoms with E-state index >= 15 is 0 Å². The molecule has 0 fully saturated rings. The van der Waals surface area contributed by atoms with Crippen molar-refractivity contribution in [3.8, 4) is 67.5 Å². The molecule has 7 aromatic rings. The Bertz CT molecular complexity index is 2810. The second-order valence-corrected chi connectivity index (χ2v) is 14.9. The fourth-order valence-electron chi connectivity index (χ4n) is 8.21. The molecular formula is C51H39N3O8. The molecule has 7 aromatic carbocycles. The number of hydrogen-bond acceptors (Lipinski definition) is 9. The van der Waals surface area contributed by atoms with Crippen molar-refractivity contribution in [3.05, 3.63) is 161 Å². The first kappa shape index (κ1) is 39.3. The van der Waals surface area contributed by atoms with Crippen molar-refractivity contribution in [1.82, 2.24) is 0 Å². The standard InChI is InChI=1S/C51H39N3O8/c1-28-6-8-29(9-7-28)31-12-18-40-42(24-31)50(57)53(48(40)55)34-16-20-36(44(26-34)59-2)38-22-23-39(47(62-5)46(38)61-4)37-21-17-35(27-45(37)60-3)54-49(56)41-19-13-32(25-43(41)51(54)58)30-10-14-33(52)15-11-30/h6-27H,52H2,1-5H3. The van der Waals surface area contributed by atoms with Crippen molar-refractivity contribution in [2.24, 2.45) is 0 Å². The molecule has 2 heterocycles.